The molecule has 1 aromatic heterocycles. The quantitative estimate of drug-likeness (QED) is 0.898. The molecule has 1 amide bonds. The first-order valence-electron chi connectivity index (χ1n) is 7.25. The van der Waals surface area contributed by atoms with Gasteiger partial charge < -0.3 is 10.4 Å². The summed E-state index contributed by atoms with van der Waals surface area (Å²) >= 11 is 0. The van der Waals surface area contributed by atoms with Crippen molar-refractivity contribution in [2.45, 2.75) is 12.6 Å². The van der Waals surface area contributed by atoms with Gasteiger partial charge in [0.15, 0.2) is 0 Å². The van der Waals surface area contributed by atoms with Crippen LogP contribution in [0, 0.1) is 11.8 Å². The smallest absolute Gasteiger partial charge is 0.418 e. The number of nitrogens with zero attached hydrogens (tertiary/aromatic N) is 1. The summed E-state index contributed by atoms with van der Waals surface area (Å²) in [6.45, 7) is 0.179. The fourth-order valence-electron chi connectivity index (χ4n) is 2.70. The van der Waals surface area contributed by atoms with E-state index in [0.717, 1.165) is 12.3 Å². The van der Waals surface area contributed by atoms with Gasteiger partial charge in [0.2, 0.25) is 0 Å². The van der Waals surface area contributed by atoms with Gasteiger partial charge in [0, 0.05) is 18.1 Å². The molecule has 2 atom stereocenters. The Kier molecular flexibility index (Phi) is 3.90. The minimum atomic E-state index is -4.57. The first-order chi connectivity index (χ1) is 11.3. The third-order valence-corrected chi connectivity index (χ3v) is 4.09. The number of hydrogen-bond donors (Lipinski definition) is 2. The second-order valence-electron chi connectivity index (χ2n) is 5.71. The lowest BCUT2D eigenvalue weighted by molar-refractivity contribution is -0.139. The third kappa shape index (κ3) is 3.04. The minimum Gasteiger partial charge on any atom is -0.481 e. The molecule has 5 nitrogen and oxygen atoms in total. The number of para-hydroxylation sites is 1. The van der Waals surface area contributed by atoms with E-state index in [1.807, 2.05) is 0 Å². The molecule has 3 rings (SSSR count). The Balaban J connectivity index is 1.85. The van der Waals surface area contributed by atoms with Crippen molar-refractivity contribution in [3.8, 4) is 0 Å². The Morgan fingerprint density at radius 3 is 2.67 bits per heavy atom. The normalized spacial score (nSPS) is 20.0. The number of aliphatic carboxylic acids is 1. The van der Waals surface area contributed by atoms with Crippen LogP contribution >= 0.6 is 0 Å². The molecule has 0 saturated heterocycles. The van der Waals surface area contributed by atoms with Crippen LogP contribution in [0.25, 0.3) is 10.9 Å². The van der Waals surface area contributed by atoms with Crippen molar-refractivity contribution in [1.82, 2.24) is 10.3 Å². The summed E-state index contributed by atoms with van der Waals surface area (Å²) in [5.74, 6) is -2.04. The number of pyridine rings is 1. The molecule has 1 saturated carbocycles. The number of aromatic nitrogens is 1. The van der Waals surface area contributed by atoms with Gasteiger partial charge in [0.05, 0.1) is 22.6 Å². The van der Waals surface area contributed by atoms with Gasteiger partial charge in [-0.2, -0.15) is 13.2 Å². The molecule has 2 N–H and O–H groups in total. The summed E-state index contributed by atoms with van der Waals surface area (Å²) in [5.41, 5.74) is -1.10. The van der Waals surface area contributed by atoms with E-state index in [1.54, 1.807) is 0 Å². The number of rotatable bonds is 4. The van der Waals surface area contributed by atoms with Crippen molar-refractivity contribution in [2.24, 2.45) is 11.8 Å². The van der Waals surface area contributed by atoms with Crippen molar-refractivity contribution in [3.05, 3.63) is 41.6 Å². The largest absolute Gasteiger partial charge is 0.481 e. The maximum Gasteiger partial charge on any atom is 0.418 e. The van der Waals surface area contributed by atoms with Crippen LogP contribution in [0.3, 0.4) is 0 Å². The molecule has 0 aliphatic heterocycles. The van der Waals surface area contributed by atoms with Crippen molar-refractivity contribution in [2.75, 3.05) is 6.54 Å². The van der Waals surface area contributed by atoms with Crippen LogP contribution in [-0.2, 0) is 11.0 Å². The molecule has 0 spiro atoms. The molecule has 8 heteroatoms. The molecule has 2 aromatic rings. The van der Waals surface area contributed by atoms with Crippen LogP contribution in [0.5, 0.6) is 0 Å². The topological polar surface area (TPSA) is 79.3 Å². The first kappa shape index (κ1) is 16.2. The average molecular weight is 338 g/mol. The van der Waals surface area contributed by atoms with Crippen molar-refractivity contribution < 1.29 is 27.9 Å². The number of benzene rings is 1. The predicted octanol–water partition coefficient (Wildman–Crippen LogP) is 2.70. The molecule has 126 valence electrons. The predicted molar refractivity (Wildman–Crippen MR) is 78.3 cm³/mol. The number of nitrogens with one attached hydrogen (secondary N) is 1. The molecule has 1 fully saturated rings. The standard InChI is InChI=1S/C16H13F3N2O3/c17-16(18,19)12-3-1-2-9-10(4-5-20-13(9)12)14(22)21-7-8-6-11(8)15(23)24/h1-5,8,11H,6-7H2,(H,21,22)(H,23,24)/t8-,11-/m1/s1. The molecule has 1 aliphatic rings. The maximum absolute atomic E-state index is 13.0. The molecule has 24 heavy (non-hydrogen) atoms. The van der Waals surface area contributed by atoms with Gasteiger partial charge in [0.25, 0.3) is 5.91 Å². The number of carboxylic acid groups (broad SMARTS) is 1. The van der Waals surface area contributed by atoms with Gasteiger partial charge in [-0.05, 0) is 24.5 Å². The van der Waals surface area contributed by atoms with Crippen LogP contribution < -0.4 is 5.32 Å². The SMILES string of the molecule is O=C(NC[C@H]1C[C@H]1C(=O)O)c1ccnc2c(C(F)(F)F)cccc12. The summed E-state index contributed by atoms with van der Waals surface area (Å²) in [6.07, 6.45) is -2.92. The first-order valence-corrected chi connectivity index (χ1v) is 7.25. The van der Waals surface area contributed by atoms with E-state index in [1.165, 1.54) is 18.2 Å². The highest BCUT2D eigenvalue weighted by atomic mass is 19.4. The van der Waals surface area contributed by atoms with E-state index < -0.39 is 29.5 Å². The van der Waals surface area contributed by atoms with Gasteiger partial charge >= 0.3 is 12.1 Å². The molecule has 1 heterocycles. The lowest BCUT2D eigenvalue weighted by Gasteiger charge is -2.12. The second kappa shape index (κ2) is 5.77. The van der Waals surface area contributed by atoms with Gasteiger partial charge in [0.1, 0.15) is 0 Å². The Labute approximate surface area is 134 Å². The van der Waals surface area contributed by atoms with E-state index in [4.69, 9.17) is 5.11 Å². The van der Waals surface area contributed by atoms with Crippen LogP contribution in [0.2, 0.25) is 0 Å². The van der Waals surface area contributed by atoms with E-state index in [-0.39, 0.29) is 28.9 Å². The van der Waals surface area contributed by atoms with Crippen LogP contribution in [0.15, 0.2) is 30.5 Å². The summed E-state index contributed by atoms with van der Waals surface area (Å²) in [4.78, 5) is 26.8. The molecule has 1 aromatic carbocycles. The zero-order chi connectivity index (χ0) is 17.5. The number of fused-ring (bicyclic) bond motifs is 1. The summed E-state index contributed by atoms with van der Waals surface area (Å²) in [6, 6.07) is 4.90. The summed E-state index contributed by atoms with van der Waals surface area (Å²) in [7, 11) is 0. The minimum absolute atomic E-state index is 0.0821. The molecule has 0 unspecified atom stereocenters. The highest BCUT2D eigenvalue weighted by Crippen LogP contribution is 2.38. The Morgan fingerprint density at radius 2 is 2.04 bits per heavy atom. The number of halogens is 3. The second-order valence-corrected chi connectivity index (χ2v) is 5.71. The zero-order valence-electron chi connectivity index (χ0n) is 12.3. The fraction of sp³-hybridized carbons (Fsp3) is 0.312. The number of carbonyl (C=O) groups is 2. The van der Waals surface area contributed by atoms with Gasteiger partial charge in [-0.1, -0.05) is 12.1 Å². The number of hydrogen-bond acceptors (Lipinski definition) is 3. The van der Waals surface area contributed by atoms with E-state index in [0.29, 0.717) is 6.42 Å². The van der Waals surface area contributed by atoms with Gasteiger partial charge in [-0.15, -0.1) is 0 Å². The number of carbonyl (C=O) groups excluding carboxylic acids is 1. The highest BCUT2D eigenvalue weighted by molar-refractivity contribution is 6.06. The molecule has 0 radical (unpaired) electrons. The average Bonchev–Trinajstić information content (AvgIpc) is 3.30. The number of carboxylic acids is 1. The summed E-state index contributed by atoms with van der Waals surface area (Å²) in [5, 5.41) is 11.5. The number of amides is 1. The molecule has 1 aliphatic carbocycles. The van der Waals surface area contributed by atoms with E-state index in [9.17, 15) is 22.8 Å². The fourth-order valence-corrected chi connectivity index (χ4v) is 2.70. The Bertz CT molecular complexity index is 820. The Morgan fingerprint density at radius 1 is 1.29 bits per heavy atom. The molecule has 0 bridgehead atoms. The van der Waals surface area contributed by atoms with E-state index >= 15 is 0 Å². The highest BCUT2D eigenvalue weighted by Gasteiger charge is 2.43. The van der Waals surface area contributed by atoms with Crippen LogP contribution in [0.4, 0.5) is 13.2 Å². The Hall–Kier alpha value is -2.64. The molecular formula is C16H13F3N2O3. The maximum atomic E-state index is 13.0. The number of alkyl halides is 3. The summed E-state index contributed by atoms with van der Waals surface area (Å²) < 4.78 is 39.1. The van der Waals surface area contributed by atoms with Crippen LogP contribution in [-0.4, -0.2) is 28.5 Å². The van der Waals surface area contributed by atoms with Crippen molar-refractivity contribution >= 4 is 22.8 Å². The van der Waals surface area contributed by atoms with E-state index in [2.05, 4.69) is 10.3 Å². The lowest BCUT2D eigenvalue weighted by Crippen LogP contribution is -2.26. The van der Waals surface area contributed by atoms with Gasteiger partial charge in [-0.3, -0.25) is 14.6 Å². The third-order valence-electron chi connectivity index (χ3n) is 4.09. The lowest BCUT2D eigenvalue weighted by atomic mass is 10.0. The van der Waals surface area contributed by atoms with Crippen molar-refractivity contribution in [3.63, 3.8) is 0 Å². The molecular weight excluding hydrogens is 325 g/mol. The van der Waals surface area contributed by atoms with Crippen LogP contribution in [0.1, 0.15) is 22.3 Å². The monoisotopic (exact) mass is 338 g/mol. The van der Waals surface area contributed by atoms with Gasteiger partial charge in [-0.25, -0.2) is 0 Å². The zero-order valence-corrected chi connectivity index (χ0v) is 12.3. The van der Waals surface area contributed by atoms with Crippen molar-refractivity contribution in [1.29, 1.82) is 0 Å².